The second-order valence-electron chi connectivity index (χ2n) is 10.1. The first-order chi connectivity index (χ1) is 16.4. The van der Waals surface area contributed by atoms with Gasteiger partial charge in [-0.05, 0) is 69.4 Å². The summed E-state index contributed by atoms with van der Waals surface area (Å²) in [7, 11) is 1.69. The number of ether oxygens (including phenoxy) is 2. The number of hydrogen-bond acceptors (Lipinski definition) is 5. The number of carbonyl (C=O) groups is 1. The van der Waals surface area contributed by atoms with Crippen LogP contribution in [0.1, 0.15) is 57.0 Å². The quantitative estimate of drug-likeness (QED) is 0.562. The molecule has 0 aliphatic carbocycles. The van der Waals surface area contributed by atoms with E-state index in [1.807, 2.05) is 30.5 Å². The van der Waals surface area contributed by atoms with Gasteiger partial charge in [0.15, 0.2) is 5.65 Å². The molecule has 0 N–H and O–H groups in total. The van der Waals surface area contributed by atoms with Crippen molar-refractivity contribution in [3.8, 4) is 5.75 Å². The molecule has 0 radical (unpaired) electrons. The van der Waals surface area contributed by atoms with Gasteiger partial charge in [-0.25, -0.2) is 9.97 Å². The second kappa shape index (κ2) is 9.37. The van der Waals surface area contributed by atoms with Crippen molar-refractivity contribution in [3.05, 3.63) is 54.0 Å². The lowest BCUT2D eigenvalue weighted by Gasteiger charge is -2.39. The lowest BCUT2D eigenvalue weighted by Crippen LogP contribution is -2.46. The van der Waals surface area contributed by atoms with Gasteiger partial charge in [0, 0.05) is 44.3 Å². The second-order valence-corrected chi connectivity index (χ2v) is 10.1. The lowest BCUT2D eigenvalue weighted by atomic mass is 9.87. The van der Waals surface area contributed by atoms with Gasteiger partial charge in [-0.15, -0.1) is 0 Å². The molecule has 4 heterocycles. The fourth-order valence-corrected chi connectivity index (χ4v) is 5.50. The van der Waals surface area contributed by atoms with E-state index in [9.17, 15) is 4.79 Å². The van der Waals surface area contributed by atoms with E-state index in [-0.39, 0.29) is 17.6 Å². The lowest BCUT2D eigenvalue weighted by molar-refractivity contribution is -0.146. The Morgan fingerprint density at radius 2 is 2.00 bits per heavy atom. The highest BCUT2D eigenvalue weighted by atomic mass is 16.5. The van der Waals surface area contributed by atoms with E-state index in [0.717, 1.165) is 67.1 Å². The van der Waals surface area contributed by atoms with Crippen LogP contribution in [0.2, 0.25) is 0 Å². The molecule has 2 aliphatic heterocycles. The van der Waals surface area contributed by atoms with Crippen LogP contribution in [0.5, 0.6) is 5.75 Å². The summed E-state index contributed by atoms with van der Waals surface area (Å²) in [5.74, 6) is 2.22. The number of fused-ring (bicyclic) bond motifs is 1. The third kappa shape index (κ3) is 4.67. The first-order valence-corrected chi connectivity index (χ1v) is 12.3. The van der Waals surface area contributed by atoms with E-state index in [1.165, 1.54) is 0 Å². The molecule has 0 bridgehead atoms. The van der Waals surface area contributed by atoms with E-state index in [4.69, 9.17) is 14.5 Å². The summed E-state index contributed by atoms with van der Waals surface area (Å²) in [4.78, 5) is 24.9. The van der Waals surface area contributed by atoms with Crippen molar-refractivity contribution in [2.24, 2.45) is 5.92 Å². The van der Waals surface area contributed by atoms with Gasteiger partial charge in [0.05, 0.1) is 12.7 Å². The fourth-order valence-electron chi connectivity index (χ4n) is 5.50. The predicted octanol–water partition coefficient (Wildman–Crippen LogP) is 4.40. The van der Waals surface area contributed by atoms with Crippen LogP contribution in [-0.2, 0) is 16.0 Å². The molecule has 7 nitrogen and oxygen atoms in total. The molecule has 0 saturated carbocycles. The fraction of sp³-hybridized carbons (Fsp3) is 0.519. The maximum Gasteiger partial charge on any atom is 0.225 e. The highest BCUT2D eigenvalue weighted by Crippen LogP contribution is 2.33. The zero-order valence-corrected chi connectivity index (χ0v) is 20.4. The van der Waals surface area contributed by atoms with Crippen LogP contribution in [0.15, 0.2) is 42.6 Å². The van der Waals surface area contributed by atoms with Gasteiger partial charge in [-0.1, -0.05) is 12.1 Å². The number of carbonyl (C=O) groups excluding carboxylic acids is 1. The third-order valence-corrected chi connectivity index (χ3v) is 7.21. The zero-order valence-electron chi connectivity index (χ0n) is 20.4. The van der Waals surface area contributed by atoms with Crippen molar-refractivity contribution in [2.45, 2.75) is 57.6 Å². The minimum Gasteiger partial charge on any atom is -0.497 e. The Balaban J connectivity index is 1.34. The standard InChI is InChI=1S/C27H34N4O3/c1-27(2)18-20(11-15-34-27)26(32)30-13-9-21(10-14-30)31-24(29-23-8-5-12-28-25(23)31)17-19-6-4-7-22(16-19)33-3/h4-8,12,16,20-21H,9-11,13-15,17-18H2,1-3H3/t20-/m1/s1. The molecular formula is C27H34N4O3. The van der Waals surface area contributed by atoms with Crippen LogP contribution >= 0.6 is 0 Å². The molecule has 1 amide bonds. The molecule has 0 spiro atoms. The zero-order chi connectivity index (χ0) is 23.7. The first-order valence-electron chi connectivity index (χ1n) is 12.3. The maximum atomic E-state index is 13.2. The smallest absolute Gasteiger partial charge is 0.225 e. The Morgan fingerprint density at radius 1 is 1.18 bits per heavy atom. The van der Waals surface area contributed by atoms with E-state index in [1.54, 1.807) is 7.11 Å². The summed E-state index contributed by atoms with van der Waals surface area (Å²) < 4.78 is 13.5. The summed E-state index contributed by atoms with van der Waals surface area (Å²) in [6.07, 6.45) is 5.98. The summed E-state index contributed by atoms with van der Waals surface area (Å²) in [6, 6.07) is 12.4. The van der Waals surface area contributed by atoms with Crippen molar-refractivity contribution < 1.29 is 14.3 Å². The third-order valence-electron chi connectivity index (χ3n) is 7.21. The molecule has 5 rings (SSSR count). The van der Waals surface area contributed by atoms with Gasteiger partial charge < -0.3 is 18.9 Å². The summed E-state index contributed by atoms with van der Waals surface area (Å²) in [5, 5.41) is 0. The van der Waals surface area contributed by atoms with Gasteiger partial charge in [-0.2, -0.15) is 0 Å². The normalized spacial score (nSPS) is 21.0. The summed E-state index contributed by atoms with van der Waals surface area (Å²) in [5.41, 5.74) is 2.79. The summed E-state index contributed by atoms with van der Waals surface area (Å²) in [6.45, 7) is 6.37. The molecule has 0 unspecified atom stereocenters. The number of imidazole rings is 1. The van der Waals surface area contributed by atoms with Gasteiger partial charge >= 0.3 is 0 Å². The van der Waals surface area contributed by atoms with Crippen LogP contribution in [0.25, 0.3) is 11.2 Å². The molecule has 2 aliphatic rings. The molecule has 2 aromatic heterocycles. The van der Waals surface area contributed by atoms with Gasteiger partial charge in [0.2, 0.25) is 5.91 Å². The van der Waals surface area contributed by atoms with Crippen molar-refractivity contribution in [3.63, 3.8) is 0 Å². The minimum absolute atomic E-state index is 0.0691. The van der Waals surface area contributed by atoms with Crippen molar-refractivity contribution >= 4 is 17.1 Å². The molecule has 2 saturated heterocycles. The van der Waals surface area contributed by atoms with Crippen molar-refractivity contribution in [2.75, 3.05) is 26.8 Å². The highest BCUT2D eigenvalue weighted by Gasteiger charge is 2.36. The number of piperidine rings is 1. The maximum absolute atomic E-state index is 13.2. The van der Waals surface area contributed by atoms with E-state index >= 15 is 0 Å². The molecule has 1 aromatic carbocycles. The van der Waals surface area contributed by atoms with E-state index in [2.05, 4.69) is 40.4 Å². The number of methoxy groups -OCH3 is 1. The van der Waals surface area contributed by atoms with E-state index < -0.39 is 0 Å². The number of nitrogens with zero attached hydrogens (tertiary/aromatic N) is 4. The van der Waals surface area contributed by atoms with Crippen LogP contribution in [0, 0.1) is 5.92 Å². The average molecular weight is 463 g/mol. The van der Waals surface area contributed by atoms with Gasteiger partial charge in [-0.3, -0.25) is 4.79 Å². The van der Waals surface area contributed by atoms with E-state index in [0.29, 0.717) is 18.9 Å². The first kappa shape index (κ1) is 22.8. The Bertz CT molecular complexity index is 1160. The molecule has 34 heavy (non-hydrogen) atoms. The number of benzene rings is 1. The molecule has 2 fully saturated rings. The number of amides is 1. The van der Waals surface area contributed by atoms with Crippen molar-refractivity contribution in [1.29, 1.82) is 0 Å². The predicted molar refractivity (Wildman–Crippen MR) is 131 cm³/mol. The Morgan fingerprint density at radius 3 is 2.76 bits per heavy atom. The molecule has 180 valence electrons. The molecule has 1 atom stereocenters. The number of aromatic nitrogens is 3. The average Bonchev–Trinajstić information content (AvgIpc) is 3.21. The number of hydrogen-bond donors (Lipinski definition) is 0. The molecule has 7 heteroatoms. The SMILES string of the molecule is COc1cccc(Cc2nc3cccnc3n2C2CCN(C(=O)[C@@H]3CCOC(C)(C)C3)CC2)c1. The number of rotatable bonds is 5. The number of likely N-dealkylation sites (tertiary alicyclic amines) is 1. The molecule has 3 aromatic rings. The highest BCUT2D eigenvalue weighted by molar-refractivity contribution is 5.79. The Hall–Kier alpha value is -2.93. The Kier molecular flexibility index (Phi) is 6.30. The monoisotopic (exact) mass is 462 g/mol. The van der Waals surface area contributed by atoms with Gasteiger partial charge in [0.25, 0.3) is 0 Å². The topological polar surface area (TPSA) is 69.5 Å². The van der Waals surface area contributed by atoms with Gasteiger partial charge in [0.1, 0.15) is 17.1 Å². The van der Waals surface area contributed by atoms with Crippen LogP contribution < -0.4 is 4.74 Å². The number of pyridine rings is 1. The Labute approximate surface area is 201 Å². The van der Waals surface area contributed by atoms with Crippen LogP contribution in [0.3, 0.4) is 0 Å². The largest absolute Gasteiger partial charge is 0.497 e. The van der Waals surface area contributed by atoms with Crippen LogP contribution in [-0.4, -0.2) is 57.7 Å². The van der Waals surface area contributed by atoms with Crippen molar-refractivity contribution in [1.82, 2.24) is 19.4 Å². The summed E-state index contributed by atoms with van der Waals surface area (Å²) >= 11 is 0. The minimum atomic E-state index is -0.215. The van der Waals surface area contributed by atoms with Crippen LogP contribution in [0.4, 0.5) is 0 Å². The molecular weight excluding hydrogens is 428 g/mol.